The first-order chi connectivity index (χ1) is 15.1. The molecular weight excluding hydrogens is 414 g/mol. The number of ether oxygens (including phenoxy) is 2. The summed E-state index contributed by atoms with van der Waals surface area (Å²) in [4.78, 5) is 13.4. The third-order valence-electron chi connectivity index (χ3n) is 5.07. The molecule has 4 heterocycles. The Morgan fingerprint density at radius 1 is 1.23 bits per heavy atom. The molecule has 0 amide bonds. The number of aryl methyl sites for hydroxylation is 1. The summed E-state index contributed by atoms with van der Waals surface area (Å²) in [6.07, 6.45) is 6.26. The van der Waals surface area contributed by atoms with Crippen molar-refractivity contribution < 1.29 is 9.47 Å². The van der Waals surface area contributed by atoms with Crippen LogP contribution in [0.1, 0.15) is 37.2 Å². The molecule has 1 aliphatic rings. The van der Waals surface area contributed by atoms with E-state index in [1.165, 1.54) is 0 Å². The molecule has 1 fully saturated rings. The topological polar surface area (TPSA) is 99.9 Å². The third kappa shape index (κ3) is 5.31. The van der Waals surface area contributed by atoms with Crippen LogP contribution < -0.4 is 9.46 Å². The molecule has 0 aliphatic carbocycles. The molecule has 3 aromatic heterocycles. The van der Waals surface area contributed by atoms with E-state index in [4.69, 9.17) is 9.47 Å². The van der Waals surface area contributed by atoms with E-state index >= 15 is 0 Å². The second-order valence-electron chi connectivity index (χ2n) is 7.54. The van der Waals surface area contributed by atoms with Crippen molar-refractivity contribution in [2.75, 3.05) is 25.0 Å². The number of nitrogens with zero attached hydrogens (tertiary/aromatic N) is 6. The Morgan fingerprint density at radius 3 is 2.74 bits per heavy atom. The average molecular weight is 442 g/mol. The summed E-state index contributed by atoms with van der Waals surface area (Å²) in [5, 5.41) is 9.16. The molecule has 10 heteroatoms. The highest BCUT2D eigenvalue weighted by molar-refractivity contribution is 8.01. The Labute approximate surface area is 186 Å². The molecule has 0 aromatic carbocycles. The van der Waals surface area contributed by atoms with Gasteiger partial charge >= 0.3 is 0 Å². The molecule has 0 saturated carbocycles. The fraction of sp³-hybridized carbons (Fsp3) is 0.476. The Bertz CT molecular complexity index is 990. The zero-order chi connectivity index (χ0) is 21.6. The van der Waals surface area contributed by atoms with E-state index in [1.807, 2.05) is 37.5 Å². The minimum Gasteiger partial charge on any atom is -0.481 e. The predicted octanol–water partition coefficient (Wildman–Crippen LogP) is 3.49. The number of hydrogen-bond acceptors (Lipinski definition) is 9. The lowest BCUT2D eigenvalue weighted by atomic mass is 10.1. The van der Waals surface area contributed by atoms with E-state index in [2.05, 4.69) is 41.4 Å². The van der Waals surface area contributed by atoms with Crippen LogP contribution in [-0.4, -0.2) is 55.3 Å². The zero-order valence-electron chi connectivity index (χ0n) is 18.0. The molecule has 1 aliphatic heterocycles. The summed E-state index contributed by atoms with van der Waals surface area (Å²) >= 11 is 1.59. The van der Waals surface area contributed by atoms with Gasteiger partial charge in [0.1, 0.15) is 11.5 Å². The van der Waals surface area contributed by atoms with Crippen LogP contribution >= 0.6 is 11.9 Å². The summed E-state index contributed by atoms with van der Waals surface area (Å²) in [6.45, 7) is 5.57. The molecule has 9 nitrogen and oxygen atoms in total. The normalized spacial score (nSPS) is 15.6. The van der Waals surface area contributed by atoms with Crippen LogP contribution in [0.25, 0.3) is 11.5 Å². The molecule has 4 rings (SSSR count). The van der Waals surface area contributed by atoms with Crippen LogP contribution in [0.4, 0.5) is 5.95 Å². The van der Waals surface area contributed by atoms with E-state index in [9.17, 15) is 0 Å². The summed E-state index contributed by atoms with van der Waals surface area (Å²) in [5.41, 5.74) is 1.79. The lowest BCUT2D eigenvalue weighted by molar-refractivity contribution is 0.0704. The zero-order valence-corrected chi connectivity index (χ0v) is 18.8. The van der Waals surface area contributed by atoms with E-state index in [1.54, 1.807) is 19.1 Å². The van der Waals surface area contributed by atoms with Gasteiger partial charge in [0.2, 0.25) is 11.8 Å². The standard InChI is InChI=1S/C21H27N7O2S/c1-14-12-22-18(23-13-14)11-15(2)31-27-21-26-25-20(17-5-4-6-19(24-17)29-3)28(21)16-7-9-30-10-8-16/h4-6,12-13,15-16H,7-11H2,1-3H3,(H,26,27). The van der Waals surface area contributed by atoms with Crippen LogP contribution in [-0.2, 0) is 11.2 Å². The van der Waals surface area contributed by atoms with Gasteiger partial charge in [0.05, 0.1) is 7.11 Å². The predicted molar refractivity (Wildman–Crippen MR) is 120 cm³/mol. The lowest BCUT2D eigenvalue weighted by Gasteiger charge is -2.26. The van der Waals surface area contributed by atoms with E-state index in [-0.39, 0.29) is 11.3 Å². The van der Waals surface area contributed by atoms with Gasteiger partial charge in [-0.3, -0.25) is 9.29 Å². The van der Waals surface area contributed by atoms with Gasteiger partial charge in [0.25, 0.3) is 0 Å². The highest BCUT2D eigenvalue weighted by Gasteiger charge is 2.25. The Morgan fingerprint density at radius 2 is 2.00 bits per heavy atom. The van der Waals surface area contributed by atoms with Gasteiger partial charge in [-0.25, -0.2) is 15.0 Å². The van der Waals surface area contributed by atoms with Gasteiger partial charge in [-0.05, 0) is 43.3 Å². The van der Waals surface area contributed by atoms with Crippen molar-refractivity contribution >= 4 is 17.9 Å². The highest BCUT2D eigenvalue weighted by atomic mass is 32.2. The Kier molecular flexibility index (Phi) is 6.98. The van der Waals surface area contributed by atoms with Crippen molar-refractivity contribution in [3.63, 3.8) is 0 Å². The average Bonchev–Trinajstić information content (AvgIpc) is 3.24. The maximum absolute atomic E-state index is 5.56. The molecule has 1 saturated heterocycles. The van der Waals surface area contributed by atoms with Crippen molar-refractivity contribution in [2.45, 2.75) is 44.4 Å². The monoisotopic (exact) mass is 441 g/mol. The van der Waals surface area contributed by atoms with Gasteiger partial charge in [0.15, 0.2) is 5.82 Å². The number of nitrogens with one attached hydrogen (secondary N) is 1. The van der Waals surface area contributed by atoms with Crippen molar-refractivity contribution in [3.05, 3.63) is 42.0 Å². The van der Waals surface area contributed by atoms with Gasteiger partial charge in [-0.2, -0.15) is 0 Å². The van der Waals surface area contributed by atoms with Crippen LogP contribution in [0.2, 0.25) is 0 Å². The smallest absolute Gasteiger partial charge is 0.235 e. The summed E-state index contributed by atoms with van der Waals surface area (Å²) < 4.78 is 16.4. The molecule has 0 bridgehead atoms. The van der Waals surface area contributed by atoms with E-state index in [0.29, 0.717) is 11.8 Å². The first kappa shape index (κ1) is 21.5. The van der Waals surface area contributed by atoms with Gasteiger partial charge in [-0.1, -0.05) is 13.0 Å². The third-order valence-corrected chi connectivity index (χ3v) is 5.94. The highest BCUT2D eigenvalue weighted by Crippen LogP contribution is 2.32. The molecule has 1 atom stereocenters. The number of pyridine rings is 1. The van der Waals surface area contributed by atoms with E-state index in [0.717, 1.165) is 55.4 Å². The van der Waals surface area contributed by atoms with Crippen molar-refractivity contribution in [2.24, 2.45) is 0 Å². The van der Waals surface area contributed by atoms with Crippen LogP contribution in [0.3, 0.4) is 0 Å². The number of anilines is 1. The summed E-state index contributed by atoms with van der Waals surface area (Å²) in [5.74, 6) is 2.82. The van der Waals surface area contributed by atoms with Crippen LogP contribution in [0.5, 0.6) is 5.88 Å². The molecule has 164 valence electrons. The molecular formula is C21H27N7O2S. The Balaban J connectivity index is 1.53. The van der Waals surface area contributed by atoms with Gasteiger partial charge in [-0.15, -0.1) is 10.2 Å². The molecule has 0 spiro atoms. The van der Waals surface area contributed by atoms with Crippen LogP contribution in [0, 0.1) is 6.92 Å². The number of methoxy groups -OCH3 is 1. The second kappa shape index (κ2) is 10.1. The van der Waals surface area contributed by atoms with Gasteiger partial charge in [0, 0.05) is 49.4 Å². The van der Waals surface area contributed by atoms with Crippen molar-refractivity contribution in [1.82, 2.24) is 29.7 Å². The fourth-order valence-electron chi connectivity index (χ4n) is 3.45. The van der Waals surface area contributed by atoms with Gasteiger partial charge < -0.3 is 9.47 Å². The Hall–Kier alpha value is -2.72. The number of rotatable bonds is 8. The number of hydrogen-bond donors (Lipinski definition) is 1. The quantitative estimate of drug-likeness (QED) is 0.526. The maximum Gasteiger partial charge on any atom is 0.235 e. The second-order valence-corrected chi connectivity index (χ2v) is 8.78. The minimum absolute atomic E-state index is 0.241. The molecule has 3 aromatic rings. The molecule has 0 radical (unpaired) electrons. The summed E-state index contributed by atoms with van der Waals surface area (Å²) in [6, 6.07) is 5.90. The minimum atomic E-state index is 0.241. The summed E-state index contributed by atoms with van der Waals surface area (Å²) in [7, 11) is 1.61. The van der Waals surface area contributed by atoms with Crippen molar-refractivity contribution in [3.8, 4) is 17.4 Å². The number of aromatic nitrogens is 6. The first-order valence-corrected chi connectivity index (χ1v) is 11.2. The molecule has 1 N–H and O–H groups in total. The van der Waals surface area contributed by atoms with E-state index < -0.39 is 0 Å². The SMILES string of the molecule is COc1cccc(-c2nnc(NSC(C)Cc3ncc(C)cn3)n2C2CCOCC2)n1. The molecule has 1 unspecified atom stereocenters. The van der Waals surface area contributed by atoms with Crippen LogP contribution in [0.15, 0.2) is 30.6 Å². The largest absolute Gasteiger partial charge is 0.481 e. The molecule has 31 heavy (non-hydrogen) atoms. The lowest BCUT2D eigenvalue weighted by Crippen LogP contribution is -2.22. The van der Waals surface area contributed by atoms with Crippen molar-refractivity contribution in [1.29, 1.82) is 0 Å². The fourth-order valence-corrected chi connectivity index (χ4v) is 4.13. The maximum atomic E-state index is 5.56. The first-order valence-electron chi connectivity index (χ1n) is 10.4.